The van der Waals surface area contributed by atoms with Gasteiger partial charge >= 0.3 is 0 Å². The zero-order valence-corrected chi connectivity index (χ0v) is 11.7. The highest BCUT2D eigenvalue weighted by atomic mass is 35.5. The van der Waals surface area contributed by atoms with Crippen LogP contribution in [0.4, 0.5) is 0 Å². The topological polar surface area (TPSA) is 9.23 Å². The largest absolute Gasteiger partial charge is 0.381 e. The molecule has 0 saturated carbocycles. The van der Waals surface area contributed by atoms with Crippen LogP contribution in [-0.2, 0) is 10.2 Å². The molecular formula is C13H19ClOS. The quantitative estimate of drug-likeness (QED) is 0.716. The summed E-state index contributed by atoms with van der Waals surface area (Å²) >= 11 is 8.35. The smallest absolute Gasteiger partial charge is 0.0729 e. The molecule has 1 aliphatic rings. The molecule has 3 heteroatoms. The third kappa shape index (κ3) is 2.61. The fraction of sp³-hybridized carbons (Fsp3) is 0.692. The van der Waals surface area contributed by atoms with Gasteiger partial charge in [0.25, 0.3) is 0 Å². The molecule has 0 aliphatic carbocycles. The monoisotopic (exact) mass is 258 g/mol. The minimum absolute atomic E-state index is 0.128. The predicted molar refractivity (Wildman–Crippen MR) is 70.5 cm³/mol. The van der Waals surface area contributed by atoms with Gasteiger partial charge in [-0.2, -0.15) is 0 Å². The van der Waals surface area contributed by atoms with Crippen LogP contribution in [0.3, 0.4) is 0 Å². The Morgan fingerprint density at radius 3 is 2.69 bits per heavy atom. The maximum atomic E-state index is 6.51. The highest BCUT2D eigenvalue weighted by Crippen LogP contribution is 2.40. The van der Waals surface area contributed by atoms with Crippen LogP contribution in [-0.4, -0.2) is 13.2 Å². The molecule has 1 aromatic heterocycles. The van der Waals surface area contributed by atoms with Gasteiger partial charge in [-0.05, 0) is 24.0 Å². The molecule has 2 heterocycles. The van der Waals surface area contributed by atoms with Crippen LogP contribution in [0.25, 0.3) is 0 Å². The van der Waals surface area contributed by atoms with Gasteiger partial charge in [0.1, 0.15) is 0 Å². The summed E-state index contributed by atoms with van der Waals surface area (Å²) in [5.41, 5.74) is 0.228. The van der Waals surface area contributed by atoms with E-state index in [0.29, 0.717) is 5.92 Å². The number of thiophene rings is 1. The van der Waals surface area contributed by atoms with E-state index in [1.165, 1.54) is 9.75 Å². The van der Waals surface area contributed by atoms with Gasteiger partial charge in [0.15, 0.2) is 0 Å². The first-order valence-corrected chi connectivity index (χ1v) is 7.06. The van der Waals surface area contributed by atoms with E-state index >= 15 is 0 Å². The molecule has 0 spiro atoms. The summed E-state index contributed by atoms with van der Waals surface area (Å²) in [5, 5.41) is 0.128. The van der Waals surface area contributed by atoms with E-state index in [4.69, 9.17) is 16.3 Å². The molecule has 2 atom stereocenters. The molecule has 90 valence electrons. The number of rotatable bonds is 2. The van der Waals surface area contributed by atoms with Crippen LogP contribution in [0.5, 0.6) is 0 Å². The van der Waals surface area contributed by atoms with E-state index in [1.54, 1.807) is 0 Å². The lowest BCUT2D eigenvalue weighted by Gasteiger charge is -2.16. The molecule has 0 bridgehead atoms. The normalized spacial score (nSPS) is 23.6. The zero-order valence-electron chi connectivity index (χ0n) is 10.1. The van der Waals surface area contributed by atoms with E-state index < -0.39 is 0 Å². The lowest BCUT2D eigenvalue weighted by atomic mass is 9.95. The summed E-state index contributed by atoms with van der Waals surface area (Å²) in [5.74, 6) is 0.494. The van der Waals surface area contributed by atoms with Crippen molar-refractivity contribution in [3.63, 3.8) is 0 Å². The fourth-order valence-corrected chi connectivity index (χ4v) is 3.46. The summed E-state index contributed by atoms with van der Waals surface area (Å²) in [6, 6.07) is 4.40. The second-order valence-corrected chi connectivity index (χ2v) is 7.06. The number of hydrogen-bond acceptors (Lipinski definition) is 2. The van der Waals surface area contributed by atoms with Gasteiger partial charge in [0, 0.05) is 22.3 Å². The molecule has 1 aliphatic heterocycles. The van der Waals surface area contributed by atoms with Crippen molar-refractivity contribution < 1.29 is 4.74 Å². The summed E-state index contributed by atoms with van der Waals surface area (Å²) < 4.78 is 5.39. The third-order valence-corrected chi connectivity index (χ3v) is 5.33. The van der Waals surface area contributed by atoms with Crippen LogP contribution >= 0.6 is 22.9 Å². The Kier molecular flexibility index (Phi) is 3.62. The molecular weight excluding hydrogens is 240 g/mol. The molecule has 0 amide bonds. The average molecular weight is 259 g/mol. The van der Waals surface area contributed by atoms with E-state index in [0.717, 1.165) is 19.6 Å². The van der Waals surface area contributed by atoms with Gasteiger partial charge in [-0.3, -0.25) is 0 Å². The lowest BCUT2D eigenvalue weighted by molar-refractivity contribution is 0.185. The van der Waals surface area contributed by atoms with Crippen LogP contribution in [0.1, 0.15) is 42.3 Å². The Morgan fingerprint density at radius 1 is 1.44 bits per heavy atom. The summed E-state index contributed by atoms with van der Waals surface area (Å²) in [6.07, 6.45) is 1.09. The van der Waals surface area contributed by atoms with Gasteiger partial charge in [0.2, 0.25) is 0 Å². The number of halogens is 1. The first-order valence-electron chi connectivity index (χ1n) is 5.80. The molecule has 0 N–H and O–H groups in total. The fourth-order valence-electron chi connectivity index (χ4n) is 1.92. The van der Waals surface area contributed by atoms with Crippen molar-refractivity contribution in [1.29, 1.82) is 0 Å². The molecule has 2 unspecified atom stereocenters. The van der Waals surface area contributed by atoms with Crippen molar-refractivity contribution in [2.45, 2.75) is 38.0 Å². The van der Waals surface area contributed by atoms with Crippen molar-refractivity contribution in [2.24, 2.45) is 5.92 Å². The molecule has 16 heavy (non-hydrogen) atoms. The van der Waals surface area contributed by atoms with Gasteiger partial charge in [-0.25, -0.2) is 0 Å². The summed E-state index contributed by atoms with van der Waals surface area (Å²) in [4.78, 5) is 2.70. The number of ether oxygens (including phenoxy) is 1. The van der Waals surface area contributed by atoms with Crippen LogP contribution in [0.15, 0.2) is 12.1 Å². The summed E-state index contributed by atoms with van der Waals surface area (Å²) in [6.45, 7) is 8.40. The SMILES string of the molecule is CC(C)(C)c1ccc(C(Cl)C2CCOC2)s1. The molecule has 0 radical (unpaired) electrons. The van der Waals surface area contributed by atoms with Crippen molar-refractivity contribution in [3.05, 3.63) is 21.9 Å². The standard InChI is InChI=1S/C13H19ClOS/c1-13(2,3)11-5-4-10(16-11)12(14)9-6-7-15-8-9/h4-5,9,12H,6-8H2,1-3H3. The van der Waals surface area contributed by atoms with E-state index in [-0.39, 0.29) is 10.8 Å². The Balaban J connectivity index is 2.12. The number of hydrogen-bond donors (Lipinski definition) is 0. The van der Waals surface area contributed by atoms with Crippen molar-refractivity contribution in [2.75, 3.05) is 13.2 Å². The second-order valence-electron chi connectivity index (χ2n) is 5.48. The minimum Gasteiger partial charge on any atom is -0.381 e. The highest BCUT2D eigenvalue weighted by Gasteiger charge is 2.27. The Bertz CT molecular complexity index is 347. The lowest BCUT2D eigenvalue weighted by Crippen LogP contribution is -2.08. The summed E-state index contributed by atoms with van der Waals surface area (Å²) in [7, 11) is 0. The third-order valence-electron chi connectivity index (χ3n) is 3.02. The Morgan fingerprint density at radius 2 is 2.19 bits per heavy atom. The maximum Gasteiger partial charge on any atom is 0.0729 e. The van der Waals surface area contributed by atoms with Crippen molar-refractivity contribution >= 4 is 22.9 Å². The molecule has 1 nitrogen and oxygen atoms in total. The van der Waals surface area contributed by atoms with Gasteiger partial charge < -0.3 is 4.74 Å². The van der Waals surface area contributed by atoms with Crippen molar-refractivity contribution in [1.82, 2.24) is 0 Å². The average Bonchev–Trinajstić information content (AvgIpc) is 2.87. The Labute approximate surface area is 107 Å². The minimum atomic E-state index is 0.128. The predicted octanol–water partition coefficient (Wildman–Crippen LogP) is 4.36. The molecule has 1 saturated heterocycles. The molecule has 1 fully saturated rings. The second kappa shape index (κ2) is 4.67. The van der Waals surface area contributed by atoms with Gasteiger partial charge in [-0.1, -0.05) is 20.8 Å². The molecule has 2 rings (SSSR count). The van der Waals surface area contributed by atoms with Crippen LogP contribution in [0, 0.1) is 5.92 Å². The van der Waals surface area contributed by atoms with E-state index in [9.17, 15) is 0 Å². The molecule has 0 aromatic carbocycles. The zero-order chi connectivity index (χ0) is 11.8. The van der Waals surface area contributed by atoms with Crippen molar-refractivity contribution in [3.8, 4) is 0 Å². The molecule has 1 aromatic rings. The maximum absolute atomic E-state index is 6.51. The van der Waals surface area contributed by atoms with Gasteiger partial charge in [-0.15, -0.1) is 22.9 Å². The highest BCUT2D eigenvalue weighted by molar-refractivity contribution is 7.12. The first-order chi connectivity index (χ1) is 7.48. The van der Waals surface area contributed by atoms with Crippen LogP contribution in [0.2, 0.25) is 0 Å². The first kappa shape index (κ1) is 12.4. The Hall–Kier alpha value is -0.0500. The van der Waals surface area contributed by atoms with Gasteiger partial charge in [0.05, 0.1) is 12.0 Å². The van der Waals surface area contributed by atoms with E-state index in [1.807, 2.05) is 11.3 Å². The van der Waals surface area contributed by atoms with Crippen LogP contribution < -0.4 is 0 Å². The van der Waals surface area contributed by atoms with E-state index in [2.05, 4.69) is 32.9 Å². The number of alkyl halides is 1.